The van der Waals surface area contributed by atoms with Gasteiger partial charge in [0.05, 0.1) is 0 Å². The summed E-state index contributed by atoms with van der Waals surface area (Å²) in [5.74, 6) is 0.400. The van der Waals surface area contributed by atoms with Gasteiger partial charge in [0.25, 0.3) is 0 Å². The molecule has 0 aliphatic carbocycles. The van der Waals surface area contributed by atoms with Crippen molar-refractivity contribution in [1.29, 1.82) is 0 Å². The van der Waals surface area contributed by atoms with Crippen LogP contribution in [0.2, 0.25) is 0 Å². The molecule has 0 atom stereocenters. The minimum atomic E-state index is -0.257. The molecule has 1 aromatic heterocycles. The van der Waals surface area contributed by atoms with E-state index in [-0.39, 0.29) is 5.82 Å². The van der Waals surface area contributed by atoms with Crippen molar-refractivity contribution < 1.29 is 9.13 Å². The van der Waals surface area contributed by atoms with Gasteiger partial charge in [-0.15, -0.1) is 11.3 Å². The van der Waals surface area contributed by atoms with Crippen LogP contribution in [0.5, 0.6) is 5.75 Å². The molecule has 1 heterocycles. The SMILES string of the molecule is Cc1cnc(COc2ccc(F)cc2)s1. The standard InChI is InChI=1S/C11H10FNOS/c1-8-6-13-11(15-8)7-14-10-4-2-9(12)3-5-10/h2-6H,7H2,1H3. The molecule has 0 fully saturated rings. The normalized spacial score (nSPS) is 10.3. The fourth-order valence-corrected chi connectivity index (χ4v) is 1.84. The minimum absolute atomic E-state index is 0.257. The van der Waals surface area contributed by atoms with E-state index in [9.17, 15) is 4.39 Å². The van der Waals surface area contributed by atoms with Gasteiger partial charge in [0.15, 0.2) is 0 Å². The molecular formula is C11H10FNOS. The Bertz CT molecular complexity index is 438. The zero-order valence-electron chi connectivity index (χ0n) is 8.24. The molecule has 0 aliphatic rings. The lowest BCUT2D eigenvalue weighted by molar-refractivity contribution is 0.305. The van der Waals surface area contributed by atoms with Crippen molar-refractivity contribution in [3.8, 4) is 5.75 Å². The van der Waals surface area contributed by atoms with Crippen LogP contribution < -0.4 is 4.74 Å². The summed E-state index contributed by atoms with van der Waals surface area (Å²) < 4.78 is 18.0. The lowest BCUT2D eigenvalue weighted by Crippen LogP contribution is -1.94. The molecule has 2 nitrogen and oxygen atoms in total. The largest absolute Gasteiger partial charge is 0.486 e. The Morgan fingerprint density at radius 3 is 2.67 bits per heavy atom. The summed E-state index contributed by atoms with van der Waals surface area (Å²) >= 11 is 1.60. The van der Waals surface area contributed by atoms with Gasteiger partial charge in [-0.2, -0.15) is 0 Å². The molecular weight excluding hydrogens is 213 g/mol. The highest BCUT2D eigenvalue weighted by Gasteiger charge is 2.00. The van der Waals surface area contributed by atoms with Gasteiger partial charge in [0.2, 0.25) is 0 Å². The van der Waals surface area contributed by atoms with Crippen molar-refractivity contribution in [3.63, 3.8) is 0 Å². The summed E-state index contributed by atoms with van der Waals surface area (Å²) in [4.78, 5) is 5.33. The molecule has 0 bridgehead atoms. The second-order valence-electron chi connectivity index (χ2n) is 3.11. The van der Waals surface area contributed by atoms with E-state index in [1.54, 1.807) is 23.5 Å². The van der Waals surface area contributed by atoms with Gasteiger partial charge in [-0.05, 0) is 31.2 Å². The van der Waals surface area contributed by atoms with Crippen LogP contribution in [0.25, 0.3) is 0 Å². The first-order valence-corrected chi connectivity index (χ1v) is 5.35. The van der Waals surface area contributed by atoms with E-state index in [1.165, 1.54) is 12.1 Å². The molecule has 4 heteroatoms. The third kappa shape index (κ3) is 2.76. The average Bonchev–Trinajstić information content (AvgIpc) is 2.64. The highest BCUT2D eigenvalue weighted by Crippen LogP contribution is 2.16. The highest BCUT2D eigenvalue weighted by molar-refractivity contribution is 7.11. The van der Waals surface area contributed by atoms with Gasteiger partial charge in [0, 0.05) is 11.1 Å². The van der Waals surface area contributed by atoms with Crippen molar-refractivity contribution >= 4 is 11.3 Å². The second-order valence-corrected chi connectivity index (χ2v) is 4.43. The second kappa shape index (κ2) is 4.40. The highest BCUT2D eigenvalue weighted by atomic mass is 32.1. The van der Waals surface area contributed by atoms with Gasteiger partial charge >= 0.3 is 0 Å². The molecule has 0 saturated heterocycles. The van der Waals surface area contributed by atoms with Crippen LogP contribution >= 0.6 is 11.3 Å². The lowest BCUT2D eigenvalue weighted by Gasteiger charge is -2.02. The number of halogens is 1. The first kappa shape index (κ1) is 10.1. The molecule has 0 saturated carbocycles. The number of hydrogen-bond donors (Lipinski definition) is 0. The molecule has 15 heavy (non-hydrogen) atoms. The quantitative estimate of drug-likeness (QED) is 0.797. The fraction of sp³-hybridized carbons (Fsp3) is 0.182. The lowest BCUT2D eigenvalue weighted by atomic mass is 10.3. The van der Waals surface area contributed by atoms with Crippen molar-refractivity contribution in [1.82, 2.24) is 4.98 Å². The number of benzene rings is 1. The molecule has 1 aromatic carbocycles. The molecule has 2 rings (SSSR count). The van der Waals surface area contributed by atoms with Gasteiger partial charge in [-0.25, -0.2) is 9.37 Å². The van der Waals surface area contributed by atoms with Crippen molar-refractivity contribution in [2.24, 2.45) is 0 Å². The first-order valence-electron chi connectivity index (χ1n) is 4.54. The zero-order chi connectivity index (χ0) is 10.7. The first-order chi connectivity index (χ1) is 7.24. The molecule has 0 N–H and O–H groups in total. The predicted molar refractivity (Wildman–Crippen MR) is 57.6 cm³/mol. The Morgan fingerprint density at radius 1 is 1.33 bits per heavy atom. The third-order valence-electron chi connectivity index (χ3n) is 1.85. The van der Waals surface area contributed by atoms with Gasteiger partial charge < -0.3 is 4.74 Å². The van der Waals surface area contributed by atoms with E-state index in [0.29, 0.717) is 12.4 Å². The molecule has 0 unspecified atom stereocenters. The molecule has 0 aliphatic heterocycles. The van der Waals surface area contributed by atoms with E-state index in [4.69, 9.17) is 4.74 Å². The molecule has 2 aromatic rings. The number of aryl methyl sites for hydroxylation is 1. The monoisotopic (exact) mass is 223 g/mol. The Kier molecular flexibility index (Phi) is 2.97. The number of nitrogens with zero attached hydrogens (tertiary/aromatic N) is 1. The van der Waals surface area contributed by atoms with Crippen LogP contribution in [-0.2, 0) is 6.61 Å². The smallest absolute Gasteiger partial charge is 0.140 e. The van der Waals surface area contributed by atoms with Crippen LogP contribution in [0.15, 0.2) is 30.5 Å². The maximum atomic E-state index is 12.6. The van der Waals surface area contributed by atoms with E-state index < -0.39 is 0 Å². The minimum Gasteiger partial charge on any atom is -0.486 e. The molecule has 0 radical (unpaired) electrons. The van der Waals surface area contributed by atoms with E-state index in [1.807, 2.05) is 13.1 Å². The van der Waals surface area contributed by atoms with Gasteiger partial charge in [-0.1, -0.05) is 0 Å². The van der Waals surface area contributed by atoms with Crippen molar-refractivity contribution in [3.05, 3.63) is 46.2 Å². The maximum absolute atomic E-state index is 12.6. The summed E-state index contributed by atoms with van der Waals surface area (Å²) in [6.45, 7) is 2.43. The molecule has 0 amide bonds. The van der Waals surface area contributed by atoms with Crippen molar-refractivity contribution in [2.45, 2.75) is 13.5 Å². The predicted octanol–water partition coefficient (Wildman–Crippen LogP) is 3.17. The number of thiazole rings is 1. The summed E-state index contributed by atoms with van der Waals surface area (Å²) in [5, 5.41) is 0.928. The third-order valence-corrected chi connectivity index (χ3v) is 2.73. The summed E-state index contributed by atoms with van der Waals surface area (Å²) in [6, 6.07) is 5.97. The maximum Gasteiger partial charge on any atom is 0.140 e. The number of hydrogen-bond acceptors (Lipinski definition) is 3. The molecule has 78 valence electrons. The Balaban J connectivity index is 1.96. The van der Waals surface area contributed by atoms with Crippen LogP contribution in [0.1, 0.15) is 9.88 Å². The van der Waals surface area contributed by atoms with Crippen LogP contribution in [0.4, 0.5) is 4.39 Å². The number of rotatable bonds is 3. The topological polar surface area (TPSA) is 22.1 Å². The van der Waals surface area contributed by atoms with E-state index >= 15 is 0 Å². The fourth-order valence-electron chi connectivity index (χ4n) is 1.14. The number of ether oxygens (including phenoxy) is 1. The average molecular weight is 223 g/mol. The molecule has 0 spiro atoms. The Morgan fingerprint density at radius 2 is 2.07 bits per heavy atom. The number of aromatic nitrogens is 1. The Labute approximate surface area is 91.4 Å². The van der Waals surface area contributed by atoms with Gasteiger partial charge in [-0.3, -0.25) is 0 Å². The summed E-state index contributed by atoms with van der Waals surface area (Å²) in [7, 11) is 0. The van der Waals surface area contributed by atoms with Crippen molar-refractivity contribution in [2.75, 3.05) is 0 Å². The van der Waals surface area contributed by atoms with Crippen LogP contribution in [0.3, 0.4) is 0 Å². The summed E-state index contributed by atoms with van der Waals surface area (Å²) in [6.07, 6.45) is 1.81. The van der Waals surface area contributed by atoms with E-state index in [2.05, 4.69) is 4.98 Å². The van der Waals surface area contributed by atoms with Crippen LogP contribution in [-0.4, -0.2) is 4.98 Å². The summed E-state index contributed by atoms with van der Waals surface area (Å²) in [5.41, 5.74) is 0. The van der Waals surface area contributed by atoms with Gasteiger partial charge in [0.1, 0.15) is 23.2 Å². The Hall–Kier alpha value is -1.42. The van der Waals surface area contributed by atoms with E-state index in [0.717, 1.165) is 9.88 Å². The van der Waals surface area contributed by atoms with Crippen LogP contribution in [0, 0.1) is 12.7 Å². The zero-order valence-corrected chi connectivity index (χ0v) is 9.05.